The van der Waals surface area contributed by atoms with Crippen molar-refractivity contribution in [1.82, 2.24) is 9.88 Å². The number of oxazole rings is 1. The zero-order valence-corrected chi connectivity index (χ0v) is 17.4. The fourth-order valence-corrected chi connectivity index (χ4v) is 4.24. The van der Waals surface area contributed by atoms with Gasteiger partial charge in [0.25, 0.3) is 5.91 Å². The first-order chi connectivity index (χ1) is 15.2. The molecule has 1 aliphatic rings. The van der Waals surface area contributed by atoms with Crippen molar-refractivity contribution in [2.45, 2.75) is 25.2 Å². The molecular formula is C25H24N2O4. The van der Waals surface area contributed by atoms with Crippen LogP contribution in [0.2, 0.25) is 0 Å². The fraction of sp³-hybridized carbons (Fsp3) is 0.280. The number of nitrogens with zero attached hydrogens (tertiary/aromatic N) is 2. The summed E-state index contributed by atoms with van der Waals surface area (Å²) in [6.45, 7) is 1.28. The molecule has 0 aliphatic carbocycles. The lowest BCUT2D eigenvalue weighted by Gasteiger charge is -2.30. The molecule has 3 heterocycles. The quantitative estimate of drug-likeness (QED) is 0.456. The number of carbonyl (C=O) groups is 1. The summed E-state index contributed by atoms with van der Waals surface area (Å²) >= 11 is 0. The maximum Gasteiger partial charge on any atom is 0.289 e. The van der Waals surface area contributed by atoms with Crippen molar-refractivity contribution < 1.29 is 18.4 Å². The minimum absolute atomic E-state index is 0.0773. The Morgan fingerprint density at radius 3 is 2.87 bits per heavy atom. The zero-order chi connectivity index (χ0) is 21.2. The number of carbonyl (C=O) groups excluding carboxylic acids is 1. The van der Waals surface area contributed by atoms with E-state index in [9.17, 15) is 4.79 Å². The molecule has 4 aromatic rings. The summed E-state index contributed by atoms with van der Waals surface area (Å²) in [5, 5.41) is 0.938. The number of ether oxygens (including phenoxy) is 1. The third-order valence-corrected chi connectivity index (χ3v) is 5.82. The lowest BCUT2D eigenvalue weighted by Crippen LogP contribution is -2.39. The Kier molecular flexibility index (Phi) is 5.20. The maximum atomic E-state index is 13.0. The van der Waals surface area contributed by atoms with Gasteiger partial charge in [-0.1, -0.05) is 36.4 Å². The van der Waals surface area contributed by atoms with E-state index in [0.29, 0.717) is 31.2 Å². The summed E-state index contributed by atoms with van der Waals surface area (Å²) in [4.78, 5) is 19.4. The number of likely N-dealkylation sites (tertiary alicyclic amines) is 1. The molecule has 0 N–H and O–H groups in total. The van der Waals surface area contributed by atoms with Crippen LogP contribution in [0.25, 0.3) is 11.0 Å². The molecule has 0 spiro atoms. The number of piperidine rings is 1. The van der Waals surface area contributed by atoms with Crippen LogP contribution in [-0.2, 0) is 6.42 Å². The summed E-state index contributed by atoms with van der Waals surface area (Å²) in [6.07, 6.45) is 4.24. The summed E-state index contributed by atoms with van der Waals surface area (Å²) in [5.41, 5.74) is 1.78. The van der Waals surface area contributed by atoms with E-state index in [2.05, 4.69) is 4.98 Å². The second-order valence-corrected chi connectivity index (χ2v) is 7.89. The maximum absolute atomic E-state index is 13.0. The molecule has 31 heavy (non-hydrogen) atoms. The minimum Gasteiger partial charge on any atom is -0.496 e. The second-order valence-electron chi connectivity index (χ2n) is 7.89. The van der Waals surface area contributed by atoms with Crippen molar-refractivity contribution in [2.24, 2.45) is 0 Å². The van der Waals surface area contributed by atoms with Gasteiger partial charge >= 0.3 is 0 Å². The number of methoxy groups -OCH3 is 1. The van der Waals surface area contributed by atoms with Gasteiger partial charge in [-0.2, -0.15) is 0 Å². The summed E-state index contributed by atoms with van der Waals surface area (Å²) in [5.74, 6) is 2.69. The van der Waals surface area contributed by atoms with Gasteiger partial charge in [0.1, 0.15) is 17.1 Å². The number of furan rings is 1. The zero-order valence-electron chi connectivity index (χ0n) is 17.4. The van der Waals surface area contributed by atoms with Crippen LogP contribution in [0.15, 0.2) is 69.6 Å². The van der Waals surface area contributed by atoms with Gasteiger partial charge in [-0.25, -0.2) is 4.98 Å². The van der Waals surface area contributed by atoms with Crippen LogP contribution in [0.3, 0.4) is 0 Å². The molecule has 0 bridgehead atoms. The fourth-order valence-electron chi connectivity index (χ4n) is 4.24. The van der Waals surface area contributed by atoms with Gasteiger partial charge in [0.05, 0.1) is 19.2 Å². The molecule has 1 atom stereocenters. The summed E-state index contributed by atoms with van der Waals surface area (Å²) < 4.78 is 17.3. The van der Waals surface area contributed by atoms with E-state index in [4.69, 9.17) is 13.6 Å². The molecule has 1 unspecified atom stereocenters. The van der Waals surface area contributed by atoms with Gasteiger partial charge in [0.15, 0.2) is 11.7 Å². The van der Waals surface area contributed by atoms with Crippen molar-refractivity contribution in [3.8, 4) is 5.75 Å². The van der Waals surface area contributed by atoms with Crippen molar-refractivity contribution >= 4 is 16.9 Å². The lowest BCUT2D eigenvalue weighted by molar-refractivity contribution is 0.0668. The van der Waals surface area contributed by atoms with Gasteiger partial charge in [-0.15, -0.1) is 0 Å². The molecule has 1 aliphatic heterocycles. The third kappa shape index (κ3) is 3.93. The highest BCUT2D eigenvalue weighted by atomic mass is 16.5. The molecular weight excluding hydrogens is 392 g/mol. The van der Waals surface area contributed by atoms with Crippen molar-refractivity contribution in [3.63, 3.8) is 0 Å². The number of hydrogen-bond donors (Lipinski definition) is 0. The van der Waals surface area contributed by atoms with E-state index in [1.54, 1.807) is 13.3 Å². The molecule has 2 aromatic heterocycles. The van der Waals surface area contributed by atoms with E-state index < -0.39 is 0 Å². The van der Waals surface area contributed by atoms with Crippen molar-refractivity contribution in [2.75, 3.05) is 20.2 Å². The number of para-hydroxylation sites is 2. The predicted molar refractivity (Wildman–Crippen MR) is 116 cm³/mol. The Balaban J connectivity index is 1.30. The van der Waals surface area contributed by atoms with Crippen LogP contribution < -0.4 is 4.74 Å². The molecule has 1 saturated heterocycles. The predicted octanol–water partition coefficient (Wildman–Crippen LogP) is 5.04. The molecule has 6 nitrogen and oxygen atoms in total. The van der Waals surface area contributed by atoms with E-state index in [-0.39, 0.29) is 11.8 Å². The minimum atomic E-state index is -0.0818. The number of aromatic nitrogens is 1. The van der Waals surface area contributed by atoms with Crippen LogP contribution in [-0.4, -0.2) is 36.0 Å². The Morgan fingerprint density at radius 1 is 1.16 bits per heavy atom. The van der Waals surface area contributed by atoms with Gasteiger partial charge in [-0.05, 0) is 31.0 Å². The molecule has 158 valence electrons. The van der Waals surface area contributed by atoms with Crippen LogP contribution in [0.5, 0.6) is 5.75 Å². The van der Waals surface area contributed by atoms with Crippen LogP contribution >= 0.6 is 0 Å². The van der Waals surface area contributed by atoms with Gasteiger partial charge in [-0.3, -0.25) is 4.79 Å². The number of rotatable bonds is 5. The number of hydrogen-bond acceptors (Lipinski definition) is 5. The Bertz CT molecular complexity index is 1180. The number of benzene rings is 2. The van der Waals surface area contributed by atoms with E-state index in [1.165, 1.54) is 0 Å². The van der Waals surface area contributed by atoms with E-state index in [0.717, 1.165) is 40.9 Å². The molecule has 2 aromatic carbocycles. The van der Waals surface area contributed by atoms with Crippen molar-refractivity contribution in [3.05, 3.63) is 83.8 Å². The first-order valence-corrected chi connectivity index (χ1v) is 10.6. The normalized spacial score (nSPS) is 16.5. The Hall–Kier alpha value is -3.54. The Labute approximate surface area is 180 Å². The van der Waals surface area contributed by atoms with E-state index >= 15 is 0 Å². The first kappa shape index (κ1) is 19.4. The highest BCUT2D eigenvalue weighted by molar-refractivity contribution is 5.96. The number of fused-ring (bicyclic) bond motifs is 1. The summed E-state index contributed by atoms with van der Waals surface area (Å²) in [6, 6.07) is 17.4. The molecule has 6 heteroatoms. The average Bonchev–Trinajstić information content (AvgIpc) is 3.46. The second kappa shape index (κ2) is 8.30. The SMILES string of the molecule is COc1ccccc1Cc1cnc(C2CCCN(C(=O)c3cc4ccccc4o3)C2)o1. The topological polar surface area (TPSA) is 68.7 Å². The van der Waals surface area contributed by atoms with Crippen LogP contribution in [0, 0.1) is 0 Å². The average molecular weight is 416 g/mol. The molecule has 1 amide bonds. The first-order valence-electron chi connectivity index (χ1n) is 10.6. The lowest BCUT2D eigenvalue weighted by atomic mass is 9.98. The van der Waals surface area contributed by atoms with E-state index in [1.807, 2.05) is 59.5 Å². The van der Waals surface area contributed by atoms with Gasteiger partial charge in [0, 0.05) is 30.5 Å². The molecule has 5 rings (SSSR count). The Morgan fingerprint density at radius 2 is 2.00 bits per heavy atom. The van der Waals surface area contributed by atoms with Crippen LogP contribution in [0.1, 0.15) is 46.5 Å². The molecule has 0 radical (unpaired) electrons. The third-order valence-electron chi connectivity index (χ3n) is 5.82. The number of amides is 1. The summed E-state index contributed by atoms with van der Waals surface area (Å²) in [7, 11) is 1.67. The monoisotopic (exact) mass is 416 g/mol. The molecule has 0 saturated carbocycles. The van der Waals surface area contributed by atoms with Crippen molar-refractivity contribution in [1.29, 1.82) is 0 Å². The van der Waals surface area contributed by atoms with Gasteiger partial charge in [0.2, 0.25) is 0 Å². The largest absolute Gasteiger partial charge is 0.496 e. The smallest absolute Gasteiger partial charge is 0.289 e. The standard InChI is InChI=1S/C25H24N2O4/c1-29-21-10-4-2-7-17(21)13-20-15-26-24(30-20)19-9-6-12-27(16-19)25(28)23-14-18-8-3-5-11-22(18)31-23/h2-5,7-8,10-11,14-15,19H,6,9,12-13,16H2,1H3. The highest BCUT2D eigenvalue weighted by Crippen LogP contribution is 2.30. The molecule has 1 fully saturated rings. The van der Waals surface area contributed by atoms with Gasteiger partial charge < -0.3 is 18.5 Å². The van der Waals surface area contributed by atoms with Crippen LogP contribution in [0.4, 0.5) is 0 Å². The highest BCUT2D eigenvalue weighted by Gasteiger charge is 2.30.